The zero-order chi connectivity index (χ0) is 19.9. The lowest BCUT2D eigenvalue weighted by Crippen LogP contribution is -2.53. The molecule has 0 N–H and O–H groups in total. The number of carbonyl (C=O) groups is 2. The normalized spacial score (nSPS) is 22.9. The van der Waals surface area contributed by atoms with Crippen molar-refractivity contribution in [3.8, 4) is 5.75 Å². The summed E-state index contributed by atoms with van der Waals surface area (Å²) in [6.45, 7) is 5.21. The van der Waals surface area contributed by atoms with Crippen molar-refractivity contribution in [3.05, 3.63) is 42.5 Å². The van der Waals surface area contributed by atoms with E-state index in [4.69, 9.17) is 9.47 Å². The minimum Gasteiger partial charge on any atom is -0.477 e. The van der Waals surface area contributed by atoms with Gasteiger partial charge in [-0.2, -0.15) is 0 Å². The predicted molar refractivity (Wildman–Crippen MR) is 106 cm³/mol. The number of ether oxygens (including phenoxy) is 2. The first-order valence-electron chi connectivity index (χ1n) is 9.67. The van der Waals surface area contributed by atoms with Crippen molar-refractivity contribution in [2.75, 3.05) is 33.4 Å². The molecule has 2 aliphatic rings. The van der Waals surface area contributed by atoms with Crippen LogP contribution in [0.5, 0.6) is 5.75 Å². The molecular formula is C22H26N2O4. The van der Waals surface area contributed by atoms with Gasteiger partial charge in [-0.3, -0.25) is 9.59 Å². The lowest BCUT2D eigenvalue weighted by Gasteiger charge is -2.35. The molecule has 6 nitrogen and oxygen atoms in total. The van der Waals surface area contributed by atoms with Gasteiger partial charge in [0, 0.05) is 25.5 Å². The minimum absolute atomic E-state index is 0.0468. The summed E-state index contributed by atoms with van der Waals surface area (Å²) in [4.78, 5) is 29.4. The largest absolute Gasteiger partial charge is 0.477 e. The summed E-state index contributed by atoms with van der Waals surface area (Å²) in [5.41, 5.74) is -1.05. The van der Waals surface area contributed by atoms with E-state index < -0.39 is 5.60 Å². The molecule has 2 bridgehead atoms. The summed E-state index contributed by atoms with van der Waals surface area (Å²) in [6.07, 6.45) is 0. The maximum atomic E-state index is 13.4. The van der Waals surface area contributed by atoms with E-state index in [0.717, 1.165) is 10.8 Å². The van der Waals surface area contributed by atoms with Gasteiger partial charge in [0.15, 0.2) is 5.60 Å². The van der Waals surface area contributed by atoms with Crippen molar-refractivity contribution in [2.24, 2.45) is 5.92 Å². The van der Waals surface area contributed by atoms with Crippen LogP contribution in [0.2, 0.25) is 0 Å². The molecule has 2 fully saturated rings. The fourth-order valence-corrected chi connectivity index (χ4v) is 4.05. The van der Waals surface area contributed by atoms with Crippen LogP contribution >= 0.6 is 0 Å². The minimum atomic E-state index is -1.05. The van der Waals surface area contributed by atoms with Gasteiger partial charge >= 0.3 is 0 Å². The second kappa shape index (κ2) is 7.09. The van der Waals surface area contributed by atoms with Crippen LogP contribution in [0.25, 0.3) is 10.8 Å². The van der Waals surface area contributed by atoms with E-state index in [1.54, 1.807) is 30.7 Å². The van der Waals surface area contributed by atoms with Gasteiger partial charge in [0.05, 0.1) is 25.2 Å². The highest BCUT2D eigenvalue weighted by Crippen LogP contribution is 2.30. The molecule has 6 heteroatoms. The molecule has 0 aliphatic carbocycles. The molecule has 2 aliphatic heterocycles. The van der Waals surface area contributed by atoms with Gasteiger partial charge < -0.3 is 19.3 Å². The lowest BCUT2D eigenvalue weighted by molar-refractivity contribution is -0.147. The van der Waals surface area contributed by atoms with Crippen molar-refractivity contribution in [2.45, 2.75) is 25.5 Å². The van der Waals surface area contributed by atoms with E-state index in [2.05, 4.69) is 0 Å². The number of hydrogen-bond donors (Lipinski definition) is 0. The number of likely N-dealkylation sites (N-methyl/N-ethyl adjacent to an activating group) is 1. The number of rotatable bonds is 3. The Kier molecular flexibility index (Phi) is 4.75. The second-order valence-electron chi connectivity index (χ2n) is 8.14. The van der Waals surface area contributed by atoms with Crippen LogP contribution in [-0.4, -0.2) is 66.6 Å². The summed E-state index contributed by atoms with van der Waals surface area (Å²) in [6, 6.07) is 13.7. The number of amides is 2. The third-order valence-corrected chi connectivity index (χ3v) is 5.66. The van der Waals surface area contributed by atoms with Gasteiger partial charge in [0.25, 0.3) is 5.91 Å². The van der Waals surface area contributed by atoms with Crippen LogP contribution in [-0.2, 0) is 14.3 Å². The molecule has 4 rings (SSSR count). The molecule has 2 atom stereocenters. The van der Waals surface area contributed by atoms with Crippen LogP contribution in [0.4, 0.5) is 0 Å². The molecule has 0 spiro atoms. The third-order valence-electron chi connectivity index (χ3n) is 5.66. The molecule has 28 heavy (non-hydrogen) atoms. The molecule has 0 saturated carbocycles. The Morgan fingerprint density at radius 2 is 1.86 bits per heavy atom. The van der Waals surface area contributed by atoms with E-state index in [-0.39, 0.29) is 23.8 Å². The van der Waals surface area contributed by atoms with Crippen LogP contribution in [0.1, 0.15) is 13.8 Å². The Morgan fingerprint density at radius 1 is 1.11 bits per heavy atom. The van der Waals surface area contributed by atoms with E-state index in [0.29, 0.717) is 32.1 Å². The highest BCUT2D eigenvalue weighted by molar-refractivity contribution is 5.90. The number of fused-ring (bicyclic) bond motifs is 4. The van der Waals surface area contributed by atoms with Gasteiger partial charge in [0.2, 0.25) is 5.91 Å². The average molecular weight is 382 g/mol. The highest BCUT2D eigenvalue weighted by Gasteiger charge is 2.43. The fourth-order valence-electron chi connectivity index (χ4n) is 4.05. The zero-order valence-corrected chi connectivity index (χ0v) is 16.6. The van der Waals surface area contributed by atoms with E-state index >= 15 is 0 Å². The first-order valence-corrected chi connectivity index (χ1v) is 9.67. The Labute approximate surface area is 165 Å². The number of benzene rings is 2. The standard InChI is InChI=1S/C22H26N2O4/c1-22(2,28-19-10-6-8-15-7-4-5-9-18(15)19)21(26)24-11-16-13-27-14-17(12-24)23(3)20(16)25/h4-10,16-17H,11-14H2,1-3H3/t16-,17+/m1/s1. The van der Waals surface area contributed by atoms with Crippen molar-refractivity contribution in [3.63, 3.8) is 0 Å². The van der Waals surface area contributed by atoms with Crippen molar-refractivity contribution < 1.29 is 19.1 Å². The fraction of sp³-hybridized carbons (Fsp3) is 0.455. The molecule has 0 aromatic heterocycles. The van der Waals surface area contributed by atoms with E-state index in [1.807, 2.05) is 42.5 Å². The summed E-state index contributed by atoms with van der Waals surface area (Å²) in [5.74, 6) is 0.295. The van der Waals surface area contributed by atoms with Crippen LogP contribution < -0.4 is 4.74 Å². The molecule has 2 aromatic rings. The Morgan fingerprint density at radius 3 is 2.68 bits per heavy atom. The van der Waals surface area contributed by atoms with Crippen LogP contribution in [0.3, 0.4) is 0 Å². The van der Waals surface area contributed by atoms with Gasteiger partial charge in [-0.05, 0) is 25.3 Å². The summed E-state index contributed by atoms with van der Waals surface area (Å²) >= 11 is 0. The first-order chi connectivity index (χ1) is 13.4. The number of nitrogens with zero attached hydrogens (tertiary/aromatic N) is 2. The maximum Gasteiger partial charge on any atom is 0.266 e. The topological polar surface area (TPSA) is 59.1 Å². The smallest absolute Gasteiger partial charge is 0.266 e. The quantitative estimate of drug-likeness (QED) is 0.817. The summed E-state index contributed by atoms with van der Waals surface area (Å²) in [5, 5.41) is 2.04. The summed E-state index contributed by atoms with van der Waals surface area (Å²) in [7, 11) is 1.79. The second-order valence-corrected chi connectivity index (χ2v) is 8.14. The first kappa shape index (κ1) is 18.7. The Bertz CT molecular complexity index is 905. The SMILES string of the molecule is CN1C(=O)[C@H]2COC[C@@H]1CN(C(=O)C(C)(C)Oc1cccc3ccccc13)C2. The van der Waals surface area contributed by atoms with Gasteiger partial charge in [-0.1, -0.05) is 36.4 Å². The van der Waals surface area contributed by atoms with Gasteiger partial charge in [0.1, 0.15) is 5.75 Å². The Hall–Kier alpha value is -2.60. The molecule has 2 aromatic carbocycles. The number of hydrogen-bond acceptors (Lipinski definition) is 4. The average Bonchev–Trinajstić information content (AvgIpc) is 2.86. The molecule has 2 amide bonds. The molecule has 148 valence electrons. The monoisotopic (exact) mass is 382 g/mol. The van der Waals surface area contributed by atoms with Crippen LogP contribution in [0, 0.1) is 5.92 Å². The molecule has 0 radical (unpaired) electrons. The zero-order valence-electron chi connectivity index (χ0n) is 16.6. The van der Waals surface area contributed by atoms with E-state index in [1.165, 1.54) is 0 Å². The van der Waals surface area contributed by atoms with Crippen LogP contribution in [0.15, 0.2) is 42.5 Å². The highest BCUT2D eigenvalue weighted by atomic mass is 16.5. The molecule has 2 heterocycles. The maximum absolute atomic E-state index is 13.4. The molecule has 2 saturated heterocycles. The van der Waals surface area contributed by atoms with Gasteiger partial charge in [-0.15, -0.1) is 0 Å². The number of carbonyl (C=O) groups excluding carboxylic acids is 2. The third kappa shape index (κ3) is 3.33. The summed E-state index contributed by atoms with van der Waals surface area (Å²) < 4.78 is 11.9. The Balaban J connectivity index is 1.59. The predicted octanol–water partition coefficient (Wildman–Crippen LogP) is 2.31. The van der Waals surface area contributed by atoms with E-state index in [9.17, 15) is 9.59 Å². The lowest BCUT2D eigenvalue weighted by atomic mass is 10.0. The molecule has 0 unspecified atom stereocenters. The van der Waals surface area contributed by atoms with Gasteiger partial charge in [-0.25, -0.2) is 0 Å². The van der Waals surface area contributed by atoms with Crippen molar-refractivity contribution in [1.82, 2.24) is 9.80 Å². The van der Waals surface area contributed by atoms with Crippen molar-refractivity contribution in [1.29, 1.82) is 0 Å². The molecular weight excluding hydrogens is 356 g/mol. The van der Waals surface area contributed by atoms with Crippen molar-refractivity contribution >= 4 is 22.6 Å².